The average molecular weight is 298 g/mol. The molecule has 0 saturated carbocycles. The van der Waals surface area contributed by atoms with Gasteiger partial charge in [-0.1, -0.05) is 6.20 Å². The van der Waals surface area contributed by atoms with E-state index in [4.69, 9.17) is 0 Å². The Morgan fingerprint density at radius 1 is 1.56 bits per heavy atom. The molecule has 0 bridgehead atoms. The topological polar surface area (TPSA) is 93.2 Å². The molecule has 0 aliphatic carbocycles. The number of urea groups is 1. The van der Waals surface area contributed by atoms with Gasteiger partial charge in [0.25, 0.3) is 0 Å². The van der Waals surface area contributed by atoms with Crippen molar-refractivity contribution < 1.29 is 47.0 Å². The van der Waals surface area contributed by atoms with Gasteiger partial charge in [0.1, 0.15) is 6.54 Å². The molecule has 8 heteroatoms. The second-order valence-electron chi connectivity index (χ2n) is 2.41. The van der Waals surface area contributed by atoms with Crippen LogP contribution in [0.2, 0.25) is 0 Å². The number of nitrogens with one attached hydrogen (secondary N) is 2. The monoisotopic (exact) mass is 298 g/mol. The van der Waals surface area contributed by atoms with Crippen LogP contribution in [0.5, 0.6) is 0 Å². The molecule has 0 aliphatic heterocycles. The van der Waals surface area contributed by atoms with Crippen molar-refractivity contribution in [2.45, 2.75) is 0 Å². The Morgan fingerprint density at radius 2 is 2.31 bits per heavy atom. The number of carbonyl (C=O) groups is 2. The molecule has 0 saturated heterocycles. The molecule has 7 nitrogen and oxygen atoms in total. The first-order chi connectivity index (χ1) is 7.22. The number of rotatable bonds is 3. The fraction of sp³-hybridized carbons (Fsp3) is 0.250. The van der Waals surface area contributed by atoms with E-state index in [0.717, 1.165) is 0 Å². The van der Waals surface area contributed by atoms with Crippen molar-refractivity contribution in [1.29, 1.82) is 0 Å². The molecule has 0 aromatic carbocycles. The third kappa shape index (κ3) is 5.72. The van der Waals surface area contributed by atoms with Gasteiger partial charge in [0.15, 0.2) is 0 Å². The minimum absolute atomic E-state index is 0. The Morgan fingerprint density at radius 3 is 2.88 bits per heavy atom. The zero-order chi connectivity index (χ0) is 11.1. The number of nitrogens with zero attached hydrogens (tertiary/aromatic N) is 2. The van der Waals surface area contributed by atoms with Crippen molar-refractivity contribution in [1.82, 2.24) is 15.3 Å². The number of esters is 1. The van der Waals surface area contributed by atoms with E-state index in [0.29, 0.717) is 0 Å². The maximum absolute atomic E-state index is 11.1. The van der Waals surface area contributed by atoms with Crippen molar-refractivity contribution in [2.24, 2.45) is 0 Å². The van der Waals surface area contributed by atoms with Crippen LogP contribution in [0.4, 0.5) is 10.6 Å². The number of amides is 2. The van der Waals surface area contributed by atoms with Gasteiger partial charge >= 0.3 is 12.0 Å². The standard InChI is InChI=1S/C8H9N4O3.Y/c1-15-7(13)5-11-8(14)12-6-4-9-2-3-10-6;/h3-4H,5H2,1H3,(H2,10,11,12,14);/q-1;. The van der Waals surface area contributed by atoms with Gasteiger partial charge in [0.05, 0.1) is 12.9 Å². The molecule has 83 valence electrons. The number of carbonyl (C=O) groups excluding carboxylic acids is 2. The Balaban J connectivity index is 0.00000225. The zero-order valence-corrected chi connectivity index (χ0v) is 11.4. The van der Waals surface area contributed by atoms with Gasteiger partial charge in [-0.15, -0.1) is 6.20 Å². The molecule has 1 heterocycles. The van der Waals surface area contributed by atoms with Crippen molar-refractivity contribution in [3.63, 3.8) is 0 Å². The van der Waals surface area contributed by atoms with Crippen LogP contribution in [-0.4, -0.2) is 35.6 Å². The number of methoxy groups -OCH3 is 1. The van der Waals surface area contributed by atoms with E-state index >= 15 is 0 Å². The first kappa shape index (κ1) is 14.9. The molecule has 0 spiro atoms. The summed E-state index contributed by atoms with van der Waals surface area (Å²) in [4.78, 5) is 29.2. The molecule has 1 radical (unpaired) electrons. The molecule has 16 heavy (non-hydrogen) atoms. The second kappa shape index (κ2) is 8.12. The molecular weight excluding hydrogens is 289 g/mol. The van der Waals surface area contributed by atoms with Gasteiger partial charge in [0, 0.05) is 32.7 Å². The van der Waals surface area contributed by atoms with Crippen molar-refractivity contribution >= 4 is 17.8 Å². The normalized spacial score (nSPS) is 8.56. The molecule has 0 fully saturated rings. The average Bonchev–Trinajstić information content (AvgIpc) is 2.27. The van der Waals surface area contributed by atoms with E-state index in [1.54, 1.807) is 0 Å². The summed E-state index contributed by atoms with van der Waals surface area (Å²) in [6, 6.07) is -0.555. The summed E-state index contributed by atoms with van der Waals surface area (Å²) in [5.41, 5.74) is 0. The van der Waals surface area contributed by atoms with Gasteiger partial charge in [-0.2, -0.15) is 0 Å². The molecule has 0 atom stereocenters. The predicted molar refractivity (Wildman–Crippen MR) is 49.9 cm³/mol. The Kier molecular flexibility index (Phi) is 7.57. The predicted octanol–water partition coefficient (Wildman–Crippen LogP) is -0.431. The number of ether oxygens (including phenoxy) is 1. The molecule has 0 unspecified atom stereocenters. The zero-order valence-electron chi connectivity index (χ0n) is 8.56. The van der Waals surface area contributed by atoms with Crippen LogP contribution in [0.15, 0.2) is 12.4 Å². The maximum atomic E-state index is 11.1. The third-order valence-electron chi connectivity index (χ3n) is 1.39. The van der Waals surface area contributed by atoms with E-state index < -0.39 is 12.0 Å². The Bertz CT molecular complexity index is 346. The van der Waals surface area contributed by atoms with E-state index in [1.807, 2.05) is 0 Å². The number of hydrogen-bond donors (Lipinski definition) is 2. The van der Waals surface area contributed by atoms with Gasteiger partial charge in [-0.3, -0.25) is 9.78 Å². The van der Waals surface area contributed by atoms with Gasteiger partial charge in [-0.25, -0.2) is 4.79 Å². The van der Waals surface area contributed by atoms with Crippen LogP contribution >= 0.6 is 0 Å². The van der Waals surface area contributed by atoms with Crippen LogP contribution in [0, 0.1) is 6.20 Å². The Hall–Kier alpha value is -1.08. The third-order valence-corrected chi connectivity index (χ3v) is 1.39. The second-order valence-corrected chi connectivity index (χ2v) is 2.41. The summed E-state index contributed by atoms with van der Waals surface area (Å²) < 4.78 is 4.34. The summed E-state index contributed by atoms with van der Waals surface area (Å²) in [5.74, 6) is -0.256. The van der Waals surface area contributed by atoms with Crippen molar-refractivity contribution in [3.8, 4) is 0 Å². The van der Waals surface area contributed by atoms with Crippen LogP contribution < -0.4 is 10.6 Å². The van der Waals surface area contributed by atoms with Gasteiger partial charge in [-0.05, 0) is 6.20 Å². The van der Waals surface area contributed by atoms with E-state index in [1.165, 1.54) is 19.5 Å². The summed E-state index contributed by atoms with van der Waals surface area (Å²) >= 11 is 0. The SMILES string of the molecule is COC(=O)CNC(=O)Nc1cn[c-]cn1.[Y]. The van der Waals surface area contributed by atoms with Gasteiger partial charge < -0.3 is 20.4 Å². The molecule has 1 aromatic heterocycles. The molecule has 1 rings (SSSR count). The fourth-order valence-electron chi connectivity index (χ4n) is 0.713. The summed E-state index contributed by atoms with van der Waals surface area (Å²) in [6.07, 6.45) is 5.10. The molecule has 2 N–H and O–H groups in total. The largest absolute Gasteiger partial charge is 0.468 e. The summed E-state index contributed by atoms with van der Waals surface area (Å²) in [5, 5.41) is 4.65. The van der Waals surface area contributed by atoms with Crippen molar-refractivity contribution in [2.75, 3.05) is 19.0 Å². The fourth-order valence-corrected chi connectivity index (χ4v) is 0.713. The molecule has 2 amide bonds. The molecular formula is C8H9N4O3Y-. The van der Waals surface area contributed by atoms with Crippen molar-refractivity contribution in [3.05, 3.63) is 18.6 Å². The quantitative estimate of drug-likeness (QED) is 0.583. The first-order valence-electron chi connectivity index (χ1n) is 4.02. The Labute approximate surface area is 117 Å². The van der Waals surface area contributed by atoms with Crippen LogP contribution in [0.1, 0.15) is 0 Å². The maximum Gasteiger partial charge on any atom is 0.325 e. The van der Waals surface area contributed by atoms with Crippen LogP contribution in [-0.2, 0) is 42.2 Å². The minimum Gasteiger partial charge on any atom is -0.468 e. The summed E-state index contributed by atoms with van der Waals surface area (Å²) in [6.45, 7) is -0.200. The number of hydrogen-bond acceptors (Lipinski definition) is 5. The van der Waals surface area contributed by atoms with Crippen LogP contribution in [0.3, 0.4) is 0 Å². The van der Waals surface area contributed by atoms with Crippen LogP contribution in [0.25, 0.3) is 0 Å². The summed E-state index contributed by atoms with van der Waals surface area (Å²) in [7, 11) is 1.24. The molecule has 1 aromatic rings. The first-order valence-corrected chi connectivity index (χ1v) is 4.02. The van der Waals surface area contributed by atoms with E-state index in [9.17, 15) is 9.59 Å². The molecule has 0 aliphatic rings. The smallest absolute Gasteiger partial charge is 0.325 e. The number of anilines is 1. The number of aromatic nitrogens is 2. The van der Waals surface area contributed by atoms with E-state index in [2.05, 4.69) is 31.5 Å². The van der Waals surface area contributed by atoms with E-state index in [-0.39, 0.29) is 45.1 Å². The van der Waals surface area contributed by atoms with Gasteiger partial charge in [0.2, 0.25) is 0 Å². The minimum atomic E-state index is -0.555.